The zero-order chi connectivity index (χ0) is 14.5. The van der Waals surface area contributed by atoms with E-state index in [-0.39, 0.29) is 12.4 Å². The topological polar surface area (TPSA) is 69.8 Å². The largest absolute Gasteiger partial charge is 0.480 e. The monoisotopic (exact) mass is 281 g/mol. The number of carboxylic acid groups (broad SMARTS) is 1. The van der Waals surface area contributed by atoms with Crippen molar-refractivity contribution in [3.63, 3.8) is 0 Å². The third-order valence-electron chi connectivity index (χ3n) is 3.71. The van der Waals surface area contributed by atoms with Crippen molar-refractivity contribution < 1.29 is 14.3 Å². The second-order valence-corrected chi connectivity index (χ2v) is 4.99. The van der Waals surface area contributed by atoms with Gasteiger partial charge in [-0.3, -0.25) is 14.6 Å². The Kier molecular flexibility index (Phi) is 5.05. The molecule has 0 amide bonds. The number of aliphatic carboxylic acids is 1. The molecule has 1 aromatic carbocycles. The molecule has 1 aromatic rings. The van der Waals surface area contributed by atoms with E-state index in [9.17, 15) is 9.18 Å². The molecule has 1 saturated heterocycles. The van der Waals surface area contributed by atoms with Crippen molar-refractivity contribution >= 4 is 5.97 Å². The Hall–Kier alpha value is -1.50. The first-order chi connectivity index (χ1) is 9.61. The Labute approximate surface area is 117 Å². The van der Waals surface area contributed by atoms with E-state index in [0.717, 1.165) is 13.1 Å². The molecule has 1 aliphatic rings. The number of halogens is 1. The third kappa shape index (κ3) is 3.53. The van der Waals surface area contributed by atoms with Gasteiger partial charge in [-0.25, -0.2) is 4.39 Å². The maximum absolute atomic E-state index is 13.6. The summed E-state index contributed by atoms with van der Waals surface area (Å²) in [5.74, 6) is -1.07. The number of nitrogens with two attached hydrogens (primary N) is 1. The van der Waals surface area contributed by atoms with E-state index in [1.807, 2.05) is 11.0 Å². The minimum atomic E-state index is -0.880. The van der Waals surface area contributed by atoms with Crippen LogP contribution in [0, 0.1) is 5.82 Å². The Morgan fingerprint density at radius 2 is 1.95 bits per heavy atom. The molecule has 0 bridgehead atoms. The molecule has 20 heavy (non-hydrogen) atoms. The molecule has 1 aliphatic heterocycles. The Morgan fingerprint density at radius 1 is 1.30 bits per heavy atom. The molecule has 0 saturated carbocycles. The van der Waals surface area contributed by atoms with Crippen LogP contribution >= 0.6 is 0 Å². The molecular formula is C14H20FN3O2. The van der Waals surface area contributed by atoms with Gasteiger partial charge in [-0.05, 0) is 6.07 Å². The number of piperazine rings is 1. The van der Waals surface area contributed by atoms with E-state index in [0.29, 0.717) is 25.2 Å². The lowest BCUT2D eigenvalue weighted by Crippen LogP contribution is -2.54. The van der Waals surface area contributed by atoms with Gasteiger partial charge in [-0.1, -0.05) is 18.2 Å². The van der Waals surface area contributed by atoms with E-state index in [4.69, 9.17) is 10.8 Å². The number of nitrogens with zero attached hydrogens (tertiary/aromatic N) is 2. The van der Waals surface area contributed by atoms with Crippen molar-refractivity contribution in [1.82, 2.24) is 9.80 Å². The highest BCUT2D eigenvalue weighted by atomic mass is 19.1. The molecule has 0 unspecified atom stereocenters. The summed E-state index contributed by atoms with van der Waals surface area (Å²) in [6.07, 6.45) is 0. The molecule has 0 spiro atoms. The van der Waals surface area contributed by atoms with Crippen LogP contribution in [0.25, 0.3) is 0 Å². The molecule has 3 N–H and O–H groups in total. The lowest BCUT2D eigenvalue weighted by Gasteiger charge is -2.37. The van der Waals surface area contributed by atoms with Crippen LogP contribution in [0.2, 0.25) is 0 Å². The number of benzene rings is 1. The van der Waals surface area contributed by atoms with Crippen LogP contribution in [0.15, 0.2) is 24.3 Å². The van der Waals surface area contributed by atoms with E-state index in [1.54, 1.807) is 12.1 Å². The first-order valence-corrected chi connectivity index (χ1v) is 6.74. The number of hydrogen-bond acceptors (Lipinski definition) is 4. The van der Waals surface area contributed by atoms with Gasteiger partial charge in [0.05, 0.1) is 0 Å². The molecule has 0 radical (unpaired) electrons. The average molecular weight is 281 g/mol. The number of carboxylic acids is 1. The predicted octanol–water partition coefficient (Wildman–Crippen LogP) is 0.355. The highest BCUT2D eigenvalue weighted by Crippen LogP contribution is 2.13. The first-order valence-electron chi connectivity index (χ1n) is 6.74. The van der Waals surface area contributed by atoms with Crippen LogP contribution in [0.3, 0.4) is 0 Å². The molecule has 1 fully saturated rings. The standard InChI is InChI=1S/C14H20FN3O2/c15-12-4-2-1-3-11(12)10-17-5-7-18(8-6-17)13(9-16)14(19)20/h1-4,13H,5-10,16H2,(H,19,20)/t13-/m0/s1. The Bertz CT molecular complexity index is 461. The van der Waals surface area contributed by atoms with Gasteiger partial charge >= 0.3 is 5.97 Å². The Morgan fingerprint density at radius 3 is 2.50 bits per heavy atom. The van der Waals surface area contributed by atoms with Crippen LogP contribution in [0.4, 0.5) is 4.39 Å². The number of carbonyl (C=O) groups is 1. The predicted molar refractivity (Wildman–Crippen MR) is 73.7 cm³/mol. The fraction of sp³-hybridized carbons (Fsp3) is 0.500. The van der Waals surface area contributed by atoms with Crippen LogP contribution in [0.5, 0.6) is 0 Å². The summed E-state index contributed by atoms with van der Waals surface area (Å²) < 4.78 is 13.6. The lowest BCUT2D eigenvalue weighted by atomic mass is 10.1. The van der Waals surface area contributed by atoms with Gasteiger partial charge in [0.25, 0.3) is 0 Å². The first kappa shape index (κ1) is 14.9. The zero-order valence-corrected chi connectivity index (χ0v) is 11.3. The maximum Gasteiger partial charge on any atom is 0.322 e. The third-order valence-corrected chi connectivity index (χ3v) is 3.71. The Balaban J connectivity index is 1.88. The van der Waals surface area contributed by atoms with Crippen molar-refractivity contribution in [3.8, 4) is 0 Å². The van der Waals surface area contributed by atoms with E-state index in [1.165, 1.54) is 6.07 Å². The minimum absolute atomic E-state index is 0.114. The fourth-order valence-electron chi connectivity index (χ4n) is 2.51. The van der Waals surface area contributed by atoms with Gasteiger partial charge in [0.15, 0.2) is 0 Å². The SMILES string of the molecule is NC[C@@H](C(=O)O)N1CCN(Cc2ccccc2F)CC1. The summed E-state index contributed by atoms with van der Waals surface area (Å²) in [5, 5.41) is 9.08. The van der Waals surface area contributed by atoms with Crippen molar-refractivity contribution in [2.75, 3.05) is 32.7 Å². The summed E-state index contributed by atoms with van der Waals surface area (Å²) in [6.45, 7) is 3.39. The molecule has 2 rings (SSSR count). The number of hydrogen-bond donors (Lipinski definition) is 2. The van der Waals surface area contributed by atoms with Crippen molar-refractivity contribution in [2.24, 2.45) is 5.73 Å². The summed E-state index contributed by atoms with van der Waals surface area (Å²) in [7, 11) is 0. The molecule has 0 aliphatic carbocycles. The van der Waals surface area contributed by atoms with Crippen LogP contribution in [-0.4, -0.2) is 59.6 Å². The van der Waals surface area contributed by atoms with Gasteiger partial charge < -0.3 is 10.8 Å². The van der Waals surface area contributed by atoms with E-state index in [2.05, 4.69) is 4.90 Å². The second-order valence-electron chi connectivity index (χ2n) is 4.99. The van der Waals surface area contributed by atoms with Gasteiger partial charge in [-0.15, -0.1) is 0 Å². The molecule has 0 aromatic heterocycles. The van der Waals surface area contributed by atoms with Crippen LogP contribution in [0.1, 0.15) is 5.56 Å². The minimum Gasteiger partial charge on any atom is -0.480 e. The summed E-state index contributed by atoms with van der Waals surface area (Å²) >= 11 is 0. The normalized spacial score (nSPS) is 18.9. The van der Waals surface area contributed by atoms with Crippen molar-refractivity contribution in [3.05, 3.63) is 35.6 Å². The molecule has 1 atom stereocenters. The molecule has 5 nitrogen and oxygen atoms in total. The lowest BCUT2D eigenvalue weighted by molar-refractivity contribution is -0.143. The number of rotatable bonds is 5. The molecule has 6 heteroatoms. The zero-order valence-electron chi connectivity index (χ0n) is 11.3. The smallest absolute Gasteiger partial charge is 0.322 e. The van der Waals surface area contributed by atoms with Gasteiger partial charge in [-0.2, -0.15) is 0 Å². The summed E-state index contributed by atoms with van der Waals surface area (Å²) in [6, 6.07) is 6.12. The summed E-state index contributed by atoms with van der Waals surface area (Å²) in [5.41, 5.74) is 6.17. The second kappa shape index (κ2) is 6.78. The van der Waals surface area contributed by atoms with Crippen LogP contribution in [-0.2, 0) is 11.3 Å². The molecular weight excluding hydrogens is 261 g/mol. The van der Waals surface area contributed by atoms with Crippen LogP contribution < -0.4 is 5.73 Å². The van der Waals surface area contributed by atoms with Gasteiger partial charge in [0.1, 0.15) is 11.9 Å². The van der Waals surface area contributed by atoms with Gasteiger partial charge in [0, 0.05) is 44.8 Å². The van der Waals surface area contributed by atoms with Crippen molar-refractivity contribution in [1.29, 1.82) is 0 Å². The average Bonchev–Trinajstić information content (AvgIpc) is 2.43. The van der Waals surface area contributed by atoms with E-state index >= 15 is 0 Å². The molecule has 110 valence electrons. The quantitative estimate of drug-likeness (QED) is 0.815. The van der Waals surface area contributed by atoms with Crippen molar-refractivity contribution in [2.45, 2.75) is 12.6 Å². The highest BCUT2D eigenvalue weighted by molar-refractivity contribution is 5.73. The fourth-order valence-corrected chi connectivity index (χ4v) is 2.51. The maximum atomic E-state index is 13.6. The summed E-state index contributed by atoms with van der Waals surface area (Å²) in [4.78, 5) is 15.1. The van der Waals surface area contributed by atoms with Gasteiger partial charge in [0.2, 0.25) is 0 Å². The molecule has 1 heterocycles. The van der Waals surface area contributed by atoms with E-state index < -0.39 is 12.0 Å². The highest BCUT2D eigenvalue weighted by Gasteiger charge is 2.27.